The number of piperidine rings is 3. The molecule has 4 saturated heterocycles. The van der Waals surface area contributed by atoms with Crippen molar-refractivity contribution in [2.75, 3.05) is 92.9 Å². The van der Waals surface area contributed by atoms with Crippen molar-refractivity contribution in [2.24, 2.45) is 5.92 Å². The maximum atomic E-state index is 12.3. The number of benzene rings is 2. The molecule has 0 aromatic heterocycles. The van der Waals surface area contributed by atoms with Crippen LogP contribution in [0.4, 0.5) is 19.2 Å². The molecule has 4 aliphatic rings. The maximum Gasteiger partial charge on any atom is 0.410 e. The lowest BCUT2D eigenvalue weighted by Crippen LogP contribution is -2.63. The molecule has 0 radical (unpaired) electrons. The second-order valence-electron chi connectivity index (χ2n) is 18.2. The molecule has 3 amide bonds. The second kappa shape index (κ2) is 34.6. The zero-order valence-electron chi connectivity index (χ0n) is 43.3. The Morgan fingerprint density at radius 3 is 1.39 bits per heavy atom. The summed E-state index contributed by atoms with van der Waals surface area (Å²) in [5, 5.41) is 1.51. The first-order chi connectivity index (χ1) is 33.6. The number of rotatable bonds is 13. The summed E-state index contributed by atoms with van der Waals surface area (Å²) in [4.78, 5) is 58.9. The van der Waals surface area contributed by atoms with Crippen LogP contribution in [0.25, 0.3) is 0 Å². The molecule has 2 aromatic carbocycles. The van der Waals surface area contributed by atoms with Crippen LogP contribution in [0.3, 0.4) is 0 Å². The molecule has 71 heavy (non-hydrogen) atoms. The monoisotopic (exact) mass is 1070 g/mol. The summed E-state index contributed by atoms with van der Waals surface area (Å²) >= 11 is 16.7. The first-order valence-corrected chi connectivity index (χ1v) is 26.1. The summed E-state index contributed by atoms with van der Waals surface area (Å²) in [6, 6.07) is 17.9. The van der Waals surface area contributed by atoms with Crippen LogP contribution in [-0.2, 0) is 31.8 Å². The molecule has 14 nitrogen and oxygen atoms in total. The van der Waals surface area contributed by atoms with Gasteiger partial charge in [0, 0.05) is 97.7 Å². The fourth-order valence-corrected chi connectivity index (χ4v) is 9.89. The van der Waals surface area contributed by atoms with E-state index in [2.05, 4.69) is 90.9 Å². The van der Waals surface area contributed by atoms with Crippen LogP contribution in [0, 0.1) is 5.92 Å². The maximum absolute atomic E-state index is 12.3. The molecule has 18 heteroatoms. The van der Waals surface area contributed by atoms with Gasteiger partial charge in [-0.05, 0) is 119 Å². The van der Waals surface area contributed by atoms with Gasteiger partial charge in [-0.2, -0.15) is 0 Å². The van der Waals surface area contributed by atoms with Gasteiger partial charge in [0.1, 0.15) is 13.2 Å². The number of carbonyl (C=O) groups is 4. The predicted molar refractivity (Wildman–Crippen MR) is 290 cm³/mol. The lowest BCUT2D eigenvalue weighted by Gasteiger charge is -2.49. The molecule has 4 aliphatic heterocycles. The molecule has 4 atom stereocenters. The lowest BCUT2D eigenvalue weighted by atomic mass is 9.87. The van der Waals surface area contributed by atoms with Crippen molar-refractivity contribution < 1.29 is 38.1 Å². The van der Waals surface area contributed by atoms with Gasteiger partial charge < -0.3 is 38.5 Å². The number of ether oxygens (including phenoxy) is 4. The molecule has 2 unspecified atom stereocenters. The van der Waals surface area contributed by atoms with Crippen molar-refractivity contribution in [3.05, 3.63) is 95.0 Å². The minimum atomic E-state index is -0.773. The highest BCUT2D eigenvalue weighted by Crippen LogP contribution is 2.31. The van der Waals surface area contributed by atoms with Gasteiger partial charge in [0.05, 0.1) is 14.2 Å². The Balaban J connectivity index is 0.000000393. The van der Waals surface area contributed by atoms with Crippen molar-refractivity contribution >= 4 is 70.9 Å². The van der Waals surface area contributed by atoms with E-state index in [1.165, 1.54) is 57.8 Å². The number of hydrogen-bond acceptors (Lipinski definition) is 11. The zero-order valence-corrected chi connectivity index (χ0v) is 46.4. The van der Waals surface area contributed by atoms with Crippen LogP contribution < -0.4 is 0 Å². The Morgan fingerprint density at radius 2 is 1.03 bits per heavy atom. The number of likely N-dealkylation sites (tertiary alicyclic amines) is 3. The van der Waals surface area contributed by atoms with Gasteiger partial charge in [-0.25, -0.2) is 19.2 Å². The smallest absolute Gasteiger partial charge is 0.410 e. The van der Waals surface area contributed by atoms with E-state index in [1.807, 2.05) is 46.2 Å². The molecular weight excluding hydrogens is 990 g/mol. The van der Waals surface area contributed by atoms with E-state index in [1.54, 1.807) is 17.1 Å². The second-order valence-corrected chi connectivity index (χ2v) is 19.4. The van der Waals surface area contributed by atoms with Gasteiger partial charge in [0.15, 0.2) is 0 Å². The molecule has 0 spiro atoms. The molecule has 0 saturated carbocycles. The third-order valence-corrected chi connectivity index (χ3v) is 14.2. The van der Waals surface area contributed by atoms with E-state index in [9.17, 15) is 19.2 Å². The quantitative estimate of drug-likeness (QED) is 0.108. The highest BCUT2D eigenvalue weighted by molar-refractivity contribution is 6.61. The van der Waals surface area contributed by atoms with Crippen molar-refractivity contribution in [3.8, 4) is 0 Å². The van der Waals surface area contributed by atoms with Crippen LogP contribution in [0.2, 0.25) is 10.0 Å². The van der Waals surface area contributed by atoms with Gasteiger partial charge in [0.2, 0.25) is 0 Å². The van der Waals surface area contributed by atoms with Crippen molar-refractivity contribution in [3.63, 3.8) is 0 Å². The number of amides is 3. The molecule has 0 aliphatic carbocycles. The third-order valence-electron chi connectivity index (χ3n) is 13.6. The fraction of sp³-hybridized carbons (Fsp3) is 0.623. The van der Waals surface area contributed by atoms with Gasteiger partial charge in [-0.3, -0.25) is 9.80 Å². The van der Waals surface area contributed by atoms with Crippen LogP contribution >= 0.6 is 47.2 Å². The van der Waals surface area contributed by atoms with Crippen molar-refractivity contribution in [1.29, 1.82) is 0 Å². The number of hydrogen-bond donors (Lipinski definition) is 0. The predicted octanol–water partition coefficient (Wildman–Crippen LogP) is 11.3. The average molecular weight is 1070 g/mol. The largest absolute Gasteiger partial charge is 0.457 e. The summed E-state index contributed by atoms with van der Waals surface area (Å²) in [7, 11) is 2.64. The van der Waals surface area contributed by atoms with Crippen molar-refractivity contribution in [1.82, 2.24) is 29.4 Å². The average Bonchev–Trinajstić information content (AvgIpc) is 3.38. The molecule has 0 N–H and O–H groups in total. The Bertz CT molecular complexity index is 1860. The van der Waals surface area contributed by atoms with Crippen LogP contribution in [0.15, 0.2) is 73.8 Å². The molecule has 4 heterocycles. The molecule has 400 valence electrons. The minimum absolute atomic E-state index is 0. The molecular formula is C53H82Cl4N6O8. The lowest BCUT2D eigenvalue weighted by molar-refractivity contribution is -0.00818. The number of halogens is 4. The van der Waals surface area contributed by atoms with Crippen LogP contribution in [0.5, 0.6) is 0 Å². The molecule has 0 bridgehead atoms. The van der Waals surface area contributed by atoms with Crippen molar-refractivity contribution in [2.45, 2.75) is 116 Å². The van der Waals surface area contributed by atoms with Gasteiger partial charge in [-0.15, -0.1) is 12.4 Å². The van der Waals surface area contributed by atoms with Crippen LogP contribution in [-0.4, -0.2) is 176 Å². The van der Waals surface area contributed by atoms with Gasteiger partial charge in [0.25, 0.3) is 0 Å². The summed E-state index contributed by atoms with van der Waals surface area (Å²) < 4.78 is 19.3. The van der Waals surface area contributed by atoms with E-state index in [0.717, 1.165) is 75.6 Å². The van der Waals surface area contributed by atoms with E-state index in [4.69, 9.17) is 37.4 Å². The Morgan fingerprint density at radius 1 is 0.620 bits per heavy atom. The Labute approximate surface area is 446 Å². The van der Waals surface area contributed by atoms with E-state index in [0.29, 0.717) is 42.8 Å². The first kappa shape index (κ1) is 63.4. The normalized spacial score (nSPS) is 20.8. The topological polar surface area (TPSA) is 125 Å². The number of nitrogens with zero attached hydrogens (tertiary/aromatic N) is 6. The first-order valence-electron chi connectivity index (χ1n) is 25.0. The Hall–Kier alpha value is -3.76. The fourth-order valence-electron chi connectivity index (χ4n) is 9.63. The van der Waals surface area contributed by atoms with E-state index < -0.39 is 5.43 Å². The van der Waals surface area contributed by atoms with Crippen LogP contribution in [0.1, 0.15) is 84.3 Å². The Kier molecular flexibility index (Phi) is 30.9. The standard InChI is InChI=1S/C23H32ClN3O4.C22H31ClN2O2.C6H15N.C2H3ClO2.ClH/c1-4-13-31-22(28)25-11-9-20(10-12-25)27-15-17(2)26(23(29)30-3)16-21(27)14-18-5-7-19(24)8-6-18;1-3-14-27-22(26)24-12-10-20(11-13-24)25-16-17(2)4-9-21(25)15-18-5-7-19(23)8-6-18;1-4-7(5-2)6-3;1-5-2(3)4;/h4-8,17,20-21H,1,9-16H2,2-3H3;3,5-8,17,20-21H,1,4,9-16H2,2H3;4-6H2,1-3H3;1H3;1H/t2*17-,21?;;;/m01.../s1. The SMILES string of the molecule is C=CCOC(=O)N1CCC(N2C[C@H](C)CCC2Cc2ccc(Cl)cc2)CC1.C=CCOC(=O)N1CCC(N2C[C@H](C)N(C(=O)OC)CC2Cc2ccc(Cl)cc2)CC1.CCN(CC)CC.COC(=O)Cl.Cl. The summed E-state index contributed by atoms with van der Waals surface area (Å²) in [6.07, 6.45) is 10.6. The highest BCUT2D eigenvalue weighted by Gasteiger charge is 2.40. The van der Waals surface area contributed by atoms with Gasteiger partial charge in [-0.1, -0.05) is 100 Å². The number of carbonyl (C=O) groups excluding carboxylic acids is 4. The summed E-state index contributed by atoms with van der Waals surface area (Å²) in [5.41, 5.74) is 1.77. The number of piperazine rings is 1. The number of methoxy groups -OCH3 is 2. The van der Waals surface area contributed by atoms with Gasteiger partial charge >= 0.3 is 23.7 Å². The summed E-state index contributed by atoms with van der Waals surface area (Å²) in [6.45, 7) is 27.7. The van der Waals surface area contributed by atoms with E-state index >= 15 is 0 Å². The molecule has 2 aromatic rings. The third kappa shape index (κ3) is 22.1. The van der Waals surface area contributed by atoms with E-state index in [-0.39, 0.29) is 56.0 Å². The zero-order chi connectivity index (χ0) is 51.6. The molecule has 4 fully saturated rings. The minimum Gasteiger partial charge on any atom is -0.457 e. The highest BCUT2D eigenvalue weighted by atomic mass is 35.5. The molecule has 6 rings (SSSR count). The summed E-state index contributed by atoms with van der Waals surface area (Å²) in [5.74, 6) is 0.738.